The van der Waals surface area contributed by atoms with Crippen LogP contribution in [-0.2, 0) is 7.05 Å². The number of nitrogens with zero attached hydrogens (tertiary/aromatic N) is 5. The van der Waals surface area contributed by atoms with Crippen LogP contribution in [-0.4, -0.2) is 56.0 Å². The average molecular weight is 340 g/mol. The molecule has 0 aliphatic heterocycles. The average Bonchev–Trinajstić information content (AvgIpc) is 3.18. The smallest absolute Gasteiger partial charge is 0.271 e. The van der Waals surface area contributed by atoms with Gasteiger partial charge in [-0.3, -0.25) is 14.3 Å². The molecule has 2 amide bonds. The fraction of sp³-hybridized carbons (Fsp3) is 0.294. The van der Waals surface area contributed by atoms with Crippen LogP contribution in [0.25, 0.3) is 5.65 Å². The van der Waals surface area contributed by atoms with Gasteiger partial charge in [-0.05, 0) is 19.1 Å². The van der Waals surface area contributed by atoms with E-state index in [1.54, 1.807) is 40.5 Å². The highest BCUT2D eigenvalue weighted by Crippen LogP contribution is 2.08. The van der Waals surface area contributed by atoms with Gasteiger partial charge in [-0.25, -0.2) is 4.98 Å². The Hall–Kier alpha value is -3.16. The van der Waals surface area contributed by atoms with Crippen LogP contribution in [0, 0.1) is 6.92 Å². The number of nitrogens with one attached hydrogen (secondary N) is 1. The zero-order valence-electron chi connectivity index (χ0n) is 14.4. The van der Waals surface area contributed by atoms with Gasteiger partial charge in [0.25, 0.3) is 11.8 Å². The molecule has 0 aliphatic rings. The Bertz CT molecular complexity index is 893. The van der Waals surface area contributed by atoms with E-state index in [2.05, 4.69) is 15.4 Å². The van der Waals surface area contributed by atoms with Crippen LogP contribution in [0.2, 0.25) is 0 Å². The zero-order valence-corrected chi connectivity index (χ0v) is 14.4. The minimum Gasteiger partial charge on any atom is -0.349 e. The van der Waals surface area contributed by atoms with E-state index in [9.17, 15) is 9.59 Å². The van der Waals surface area contributed by atoms with Crippen LogP contribution in [0.5, 0.6) is 0 Å². The second-order valence-electron chi connectivity index (χ2n) is 5.84. The van der Waals surface area contributed by atoms with E-state index in [0.29, 0.717) is 30.0 Å². The molecule has 3 heterocycles. The molecule has 0 radical (unpaired) electrons. The molecular formula is C17H20N6O2. The normalized spacial score (nSPS) is 10.8. The summed E-state index contributed by atoms with van der Waals surface area (Å²) in [5.41, 5.74) is 2.44. The summed E-state index contributed by atoms with van der Waals surface area (Å²) in [6, 6.07) is 5.57. The van der Waals surface area contributed by atoms with Crippen molar-refractivity contribution >= 4 is 17.5 Å². The first-order chi connectivity index (χ1) is 12.0. The molecule has 8 heteroatoms. The van der Waals surface area contributed by atoms with Crippen LogP contribution >= 0.6 is 0 Å². The molecule has 0 bridgehead atoms. The van der Waals surface area contributed by atoms with Gasteiger partial charge in [-0.2, -0.15) is 5.10 Å². The monoisotopic (exact) mass is 340 g/mol. The highest BCUT2D eigenvalue weighted by molar-refractivity contribution is 5.95. The van der Waals surface area contributed by atoms with Crippen molar-refractivity contribution in [2.45, 2.75) is 6.92 Å². The molecule has 0 fully saturated rings. The molecule has 1 N–H and O–H groups in total. The summed E-state index contributed by atoms with van der Waals surface area (Å²) in [5, 5.41) is 6.86. The minimum absolute atomic E-state index is 0.118. The predicted octanol–water partition coefficient (Wildman–Crippen LogP) is 0.878. The van der Waals surface area contributed by atoms with Crippen LogP contribution in [0.3, 0.4) is 0 Å². The largest absolute Gasteiger partial charge is 0.349 e. The highest BCUT2D eigenvalue weighted by Gasteiger charge is 2.17. The number of hydrogen-bond donors (Lipinski definition) is 1. The van der Waals surface area contributed by atoms with Crippen molar-refractivity contribution in [3.05, 3.63) is 53.7 Å². The molecule has 0 atom stereocenters. The van der Waals surface area contributed by atoms with Crippen molar-refractivity contribution in [1.82, 2.24) is 29.4 Å². The first-order valence-corrected chi connectivity index (χ1v) is 7.93. The quantitative estimate of drug-likeness (QED) is 0.747. The number of aryl methyl sites for hydroxylation is 1. The lowest BCUT2D eigenvalue weighted by molar-refractivity contribution is 0.0786. The fourth-order valence-corrected chi connectivity index (χ4v) is 2.49. The molecule has 3 rings (SSSR count). The number of amides is 2. The van der Waals surface area contributed by atoms with Crippen molar-refractivity contribution in [1.29, 1.82) is 0 Å². The Labute approximate surface area is 145 Å². The molecule has 0 spiro atoms. The molecular weight excluding hydrogens is 320 g/mol. The van der Waals surface area contributed by atoms with Gasteiger partial charge in [0, 0.05) is 45.3 Å². The third-order valence-electron chi connectivity index (χ3n) is 4.14. The lowest BCUT2D eigenvalue weighted by atomic mass is 10.2. The van der Waals surface area contributed by atoms with E-state index in [-0.39, 0.29) is 11.8 Å². The molecule has 3 aromatic heterocycles. The molecule has 8 nitrogen and oxygen atoms in total. The minimum atomic E-state index is -0.262. The maximum atomic E-state index is 12.4. The van der Waals surface area contributed by atoms with Crippen LogP contribution < -0.4 is 5.32 Å². The van der Waals surface area contributed by atoms with Crippen molar-refractivity contribution in [3.63, 3.8) is 0 Å². The number of carbonyl (C=O) groups excluding carboxylic acids is 2. The van der Waals surface area contributed by atoms with E-state index < -0.39 is 0 Å². The number of carbonyl (C=O) groups is 2. The van der Waals surface area contributed by atoms with E-state index in [0.717, 1.165) is 5.69 Å². The number of hydrogen-bond acceptors (Lipinski definition) is 4. The molecule has 0 aromatic carbocycles. The van der Waals surface area contributed by atoms with E-state index in [1.807, 2.05) is 31.3 Å². The SMILES string of the molecule is Cc1c(C(=O)N(C)CCNC(=O)c2cn3ccccc3n2)cnn1C. The number of imidazole rings is 1. The van der Waals surface area contributed by atoms with Gasteiger partial charge < -0.3 is 14.6 Å². The maximum Gasteiger partial charge on any atom is 0.271 e. The van der Waals surface area contributed by atoms with Gasteiger partial charge in [0.2, 0.25) is 0 Å². The van der Waals surface area contributed by atoms with Gasteiger partial charge in [-0.15, -0.1) is 0 Å². The molecule has 0 saturated heterocycles. The predicted molar refractivity (Wildman–Crippen MR) is 92.4 cm³/mol. The summed E-state index contributed by atoms with van der Waals surface area (Å²) < 4.78 is 3.45. The van der Waals surface area contributed by atoms with Crippen molar-refractivity contribution in [2.24, 2.45) is 7.05 Å². The fourth-order valence-electron chi connectivity index (χ4n) is 2.49. The first-order valence-electron chi connectivity index (χ1n) is 7.93. The topological polar surface area (TPSA) is 84.5 Å². The standard InChI is InChI=1S/C17H20N6O2/c1-12-13(10-19-22(12)3)17(25)21(2)9-7-18-16(24)14-11-23-8-5-4-6-15(23)20-14/h4-6,8,10-11H,7,9H2,1-3H3,(H,18,24). The third kappa shape index (κ3) is 3.37. The summed E-state index contributed by atoms with van der Waals surface area (Å²) in [5.74, 6) is -0.380. The Morgan fingerprint density at radius 1 is 1.32 bits per heavy atom. The molecule has 0 aliphatic carbocycles. The first kappa shape index (κ1) is 16.7. The summed E-state index contributed by atoms with van der Waals surface area (Å²) in [4.78, 5) is 30.4. The summed E-state index contributed by atoms with van der Waals surface area (Å²) in [6.45, 7) is 2.58. The Morgan fingerprint density at radius 3 is 2.80 bits per heavy atom. The van der Waals surface area contributed by atoms with E-state index in [4.69, 9.17) is 0 Å². The third-order valence-corrected chi connectivity index (χ3v) is 4.14. The zero-order chi connectivity index (χ0) is 18.0. The van der Waals surface area contributed by atoms with E-state index >= 15 is 0 Å². The van der Waals surface area contributed by atoms with Crippen LogP contribution in [0.1, 0.15) is 26.5 Å². The lowest BCUT2D eigenvalue weighted by Gasteiger charge is -2.17. The number of aromatic nitrogens is 4. The van der Waals surface area contributed by atoms with Gasteiger partial charge >= 0.3 is 0 Å². The van der Waals surface area contributed by atoms with Crippen molar-refractivity contribution < 1.29 is 9.59 Å². The van der Waals surface area contributed by atoms with Crippen molar-refractivity contribution in [3.8, 4) is 0 Å². The maximum absolute atomic E-state index is 12.4. The lowest BCUT2D eigenvalue weighted by Crippen LogP contribution is -2.36. The van der Waals surface area contributed by atoms with Crippen LogP contribution in [0.15, 0.2) is 36.8 Å². The summed E-state index contributed by atoms with van der Waals surface area (Å²) in [6.07, 6.45) is 5.07. The molecule has 130 valence electrons. The second-order valence-corrected chi connectivity index (χ2v) is 5.84. The number of pyridine rings is 1. The molecule has 25 heavy (non-hydrogen) atoms. The van der Waals surface area contributed by atoms with Gasteiger partial charge in [0.05, 0.1) is 11.8 Å². The van der Waals surface area contributed by atoms with Gasteiger partial charge in [-0.1, -0.05) is 6.07 Å². The van der Waals surface area contributed by atoms with Crippen molar-refractivity contribution in [2.75, 3.05) is 20.1 Å². The van der Waals surface area contributed by atoms with Gasteiger partial charge in [0.1, 0.15) is 11.3 Å². The summed E-state index contributed by atoms with van der Waals surface area (Å²) >= 11 is 0. The Balaban J connectivity index is 1.55. The second kappa shape index (κ2) is 6.76. The number of rotatable bonds is 5. The van der Waals surface area contributed by atoms with Crippen LogP contribution in [0.4, 0.5) is 0 Å². The molecule has 3 aromatic rings. The number of fused-ring (bicyclic) bond motifs is 1. The highest BCUT2D eigenvalue weighted by atomic mass is 16.2. The number of likely N-dealkylation sites (N-methyl/N-ethyl adjacent to an activating group) is 1. The Morgan fingerprint density at radius 2 is 2.12 bits per heavy atom. The summed E-state index contributed by atoms with van der Waals surface area (Å²) in [7, 11) is 3.49. The molecule has 0 unspecified atom stereocenters. The molecule has 0 saturated carbocycles. The van der Waals surface area contributed by atoms with Gasteiger partial charge in [0.15, 0.2) is 0 Å². The Kier molecular flexibility index (Phi) is 4.51. The van der Waals surface area contributed by atoms with E-state index in [1.165, 1.54) is 0 Å².